The molecule has 0 bridgehead atoms. The molecule has 0 aliphatic heterocycles. The predicted octanol–water partition coefficient (Wildman–Crippen LogP) is 6.10. The van der Waals surface area contributed by atoms with Crippen molar-refractivity contribution in [1.29, 1.82) is 0 Å². The molecular weight excluding hydrogens is 476 g/mol. The van der Waals surface area contributed by atoms with E-state index in [1.807, 2.05) is 38.1 Å². The second kappa shape index (κ2) is 11.8. The van der Waals surface area contributed by atoms with Crippen molar-refractivity contribution in [3.05, 3.63) is 107 Å². The highest BCUT2D eigenvalue weighted by molar-refractivity contribution is 5.94. The maximum atomic E-state index is 14.5. The van der Waals surface area contributed by atoms with Crippen molar-refractivity contribution >= 4 is 5.91 Å². The zero-order valence-electron chi connectivity index (χ0n) is 21.1. The lowest BCUT2D eigenvalue weighted by Crippen LogP contribution is -2.34. The van der Waals surface area contributed by atoms with Gasteiger partial charge in [-0.1, -0.05) is 31.2 Å². The van der Waals surface area contributed by atoms with E-state index < -0.39 is 11.7 Å². The minimum Gasteiger partial charge on any atom is -0.439 e. The summed E-state index contributed by atoms with van der Waals surface area (Å²) < 4.78 is 41.4. The normalized spacial score (nSPS) is 10.9. The first-order valence-electron chi connectivity index (χ1n) is 12.0. The second-order valence-corrected chi connectivity index (χ2v) is 8.59. The third-order valence-corrected chi connectivity index (χ3v) is 5.94. The molecule has 0 aliphatic rings. The van der Waals surface area contributed by atoms with Crippen LogP contribution in [0, 0.1) is 18.6 Å². The Morgan fingerprint density at radius 1 is 1.03 bits per heavy atom. The Morgan fingerprint density at radius 3 is 2.46 bits per heavy atom. The smallest absolute Gasteiger partial charge is 0.257 e. The highest BCUT2D eigenvalue weighted by atomic mass is 19.1. The molecule has 6 nitrogen and oxygen atoms in total. The fraction of sp³-hybridized carbons (Fsp3) is 0.241. The predicted molar refractivity (Wildman–Crippen MR) is 137 cm³/mol. The minimum atomic E-state index is -0.594. The number of hydrogen-bond acceptors (Lipinski definition) is 4. The van der Waals surface area contributed by atoms with Gasteiger partial charge in [-0.05, 0) is 67.4 Å². The molecule has 4 rings (SSSR count). The monoisotopic (exact) mass is 505 g/mol. The molecule has 192 valence electrons. The van der Waals surface area contributed by atoms with Crippen LogP contribution < -0.4 is 4.74 Å². The van der Waals surface area contributed by atoms with Crippen LogP contribution in [0.15, 0.2) is 72.8 Å². The molecule has 3 aromatic carbocycles. The van der Waals surface area contributed by atoms with Gasteiger partial charge in [-0.2, -0.15) is 5.10 Å². The van der Waals surface area contributed by atoms with Crippen molar-refractivity contribution in [3.63, 3.8) is 0 Å². The maximum absolute atomic E-state index is 14.5. The summed E-state index contributed by atoms with van der Waals surface area (Å²) in [6.45, 7) is 4.53. The van der Waals surface area contributed by atoms with Crippen molar-refractivity contribution in [2.75, 3.05) is 20.3 Å². The number of rotatable bonds is 10. The summed E-state index contributed by atoms with van der Waals surface area (Å²) in [5.74, 6) is -0.430. The maximum Gasteiger partial charge on any atom is 0.257 e. The molecule has 1 heterocycles. The molecule has 1 amide bonds. The Morgan fingerprint density at radius 2 is 1.78 bits per heavy atom. The van der Waals surface area contributed by atoms with Gasteiger partial charge in [0, 0.05) is 13.7 Å². The molecule has 0 N–H and O–H groups in total. The van der Waals surface area contributed by atoms with E-state index in [9.17, 15) is 13.6 Å². The lowest BCUT2D eigenvalue weighted by atomic mass is 10.1. The molecule has 0 spiro atoms. The molecule has 0 fully saturated rings. The number of methoxy groups -OCH3 is 1. The van der Waals surface area contributed by atoms with Crippen molar-refractivity contribution < 1.29 is 23.0 Å². The van der Waals surface area contributed by atoms with Crippen LogP contribution >= 0.6 is 0 Å². The number of carbonyl (C=O) groups excluding carboxylic acids is 1. The van der Waals surface area contributed by atoms with Crippen LogP contribution in [0.5, 0.6) is 11.6 Å². The number of aromatic nitrogens is 2. The van der Waals surface area contributed by atoms with Gasteiger partial charge in [0.15, 0.2) is 0 Å². The van der Waals surface area contributed by atoms with Crippen molar-refractivity contribution in [3.8, 4) is 17.3 Å². The molecule has 0 unspecified atom stereocenters. The summed E-state index contributed by atoms with van der Waals surface area (Å²) >= 11 is 0. The molecule has 4 aromatic rings. The Labute approximate surface area is 215 Å². The first kappa shape index (κ1) is 26.0. The van der Waals surface area contributed by atoms with E-state index >= 15 is 0 Å². The summed E-state index contributed by atoms with van der Waals surface area (Å²) in [5.41, 5.74) is 2.97. The third-order valence-electron chi connectivity index (χ3n) is 5.94. The first-order valence-corrected chi connectivity index (χ1v) is 12.0. The number of aryl methyl sites for hydroxylation is 2. The largest absolute Gasteiger partial charge is 0.439 e. The van der Waals surface area contributed by atoms with Crippen LogP contribution in [0.1, 0.15) is 34.1 Å². The summed E-state index contributed by atoms with van der Waals surface area (Å²) in [6, 6.07) is 19.4. The Balaban J connectivity index is 1.81. The average Bonchev–Trinajstić information content (AvgIpc) is 3.23. The van der Waals surface area contributed by atoms with E-state index in [0.29, 0.717) is 35.0 Å². The van der Waals surface area contributed by atoms with Gasteiger partial charge in [0.2, 0.25) is 5.88 Å². The summed E-state index contributed by atoms with van der Waals surface area (Å²) in [4.78, 5) is 14.9. The van der Waals surface area contributed by atoms with Gasteiger partial charge < -0.3 is 14.4 Å². The topological polar surface area (TPSA) is 56.6 Å². The molecular formula is C29H29F2N3O3. The van der Waals surface area contributed by atoms with Crippen molar-refractivity contribution in [1.82, 2.24) is 14.7 Å². The van der Waals surface area contributed by atoms with Crippen LogP contribution in [-0.2, 0) is 17.7 Å². The van der Waals surface area contributed by atoms with Crippen molar-refractivity contribution in [2.45, 2.75) is 26.8 Å². The van der Waals surface area contributed by atoms with Gasteiger partial charge in [-0.15, -0.1) is 0 Å². The Hall–Kier alpha value is -4.04. The van der Waals surface area contributed by atoms with Gasteiger partial charge in [-0.3, -0.25) is 4.79 Å². The van der Waals surface area contributed by atoms with Crippen LogP contribution in [0.2, 0.25) is 0 Å². The average molecular weight is 506 g/mol. The van der Waals surface area contributed by atoms with E-state index in [1.165, 1.54) is 29.2 Å². The van der Waals surface area contributed by atoms with E-state index in [1.54, 1.807) is 36.1 Å². The standard InChI is InChI=1S/C29H29F2N3O3/c1-4-27-25(19-33(16-17-36-3)28(35)24-10-5-6-11-26(24)31)29(37-23-9-7-8-20(2)18-23)34(32-27)22-14-12-21(30)13-15-22/h5-15,18H,4,16-17,19H2,1-3H3. The highest BCUT2D eigenvalue weighted by Gasteiger charge is 2.26. The third kappa shape index (κ3) is 6.03. The summed E-state index contributed by atoms with van der Waals surface area (Å²) in [7, 11) is 1.54. The SMILES string of the molecule is CCc1nn(-c2ccc(F)cc2)c(Oc2cccc(C)c2)c1CN(CCOC)C(=O)c1ccccc1F. The quantitative estimate of drug-likeness (QED) is 0.261. The van der Waals surface area contributed by atoms with Gasteiger partial charge in [0.25, 0.3) is 5.91 Å². The second-order valence-electron chi connectivity index (χ2n) is 8.59. The van der Waals surface area contributed by atoms with Crippen LogP contribution in [-0.4, -0.2) is 40.8 Å². The summed E-state index contributed by atoms with van der Waals surface area (Å²) in [6.07, 6.45) is 0.555. The first-order chi connectivity index (χ1) is 17.9. The Bertz CT molecular complexity index is 1370. The van der Waals surface area contributed by atoms with Gasteiger partial charge >= 0.3 is 0 Å². The zero-order chi connectivity index (χ0) is 26.4. The van der Waals surface area contributed by atoms with Crippen LogP contribution in [0.25, 0.3) is 5.69 Å². The lowest BCUT2D eigenvalue weighted by molar-refractivity contribution is 0.0674. The number of amides is 1. The molecule has 0 radical (unpaired) electrons. The van der Waals surface area contributed by atoms with Gasteiger partial charge in [0.05, 0.1) is 35.7 Å². The number of carbonyl (C=O) groups is 1. The lowest BCUT2D eigenvalue weighted by Gasteiger charge is -2.23. The Kier molecular flexibility index (Phi) is 8.30. The van der Waals surface area contributed by atoms with Crippen LogP contribution in [0.3, 0.4) is 0 Å². The molecule has 8 heteroatoms. The van der Waals surface area contributed by atoms with Crippen LogP contribution in [0.4, 0.5) is 8.78 Å². The number of halogens is 2. The molecule has 0 aliphatic carbocycles. The molecule has 0 atom stereocenters. The molecule has 0 saturated carbocycles. The number of nitrogens with zero attached hydrogens (tertiary/aromatic N) is 3. The number of ether oxygens (including phenoxy) is 2. The van der Waals surface area contributed by atoms with E-state index in [2.05, 4.69) is 0 Å². The van der Waals surface area contributed by atoms with Gasteiger partial charge in [0.1, 0.15) is 17.4 Å². The number of benzene rings is 3. The fourth-order valence-corrected chi connectivity index (χ4v) is 4.02. The molecule has 0 saturated heterocycles. The minimum absolute atomic E-state index is 0.0243. The summed E-state index contributed by atoms with van der Waals surface area (Å²) in [5, 5.41) is 4.76. The van der Waals surface area contributed by atoms with Gasteiger partial charge in [-0.25, -0.2) is 13.5 Å². The molecule has 1 aromatic heterocycles. The zero-order valence-corrected chi connectivity index (χ0v) is 21.1. The van der Waals surface area contributed by atoms with Crippen molar-refractivity contribution in [2.24, 2.45) is 0 Å². The highest BCUT2D eigenvalue weighted by Crippen LogP contribution is 2.33. The van der Waals surface area contributed by atoms with E-state index in [-0.39, 0.29) is 31.1 Å². The van der Waals surface area contributed by atoms with E-state index in [4.69, 9.17) is 14.6 Å². The number of hydrogen-bond donors (Lipinski definition) is 0. The van der Waals surface area contributed by atoms with E-state index in [0.717, 1.165) is 5.56 Å². The molecule has 37 heavy (non-hydrogen) atoms. The fourth-order valence-electron chi connectivity index (χ4n) is 4.02.